The molecule has 2 rings (SSSR count). The second kappa shape index (κ2) is 4.95. The monoisotopic (exact) mass is 261 g/mol. The van der Waals surface area contributed by atoms with Crippen molar-refractivity contribution in [3.63, 3.8) is 0 Å². The zero-order valence-corrected chi connectivity index (χ0v) is 10.2. The molecular weight excluding hydrogens is 250 g/mol. The summed E-state index contributed by atoms with van der Waals surface area (Å²) in [6.07, 6.45) is 7.36. The van der Waals surface area contributed by atoms with Crippen LogP contribution in [0.5, 0.6) is 0 Å². The van der Waals surface area contributed by atoms with Crippen molar-refractivity contribution in [2.24, 2.45) is 0 Å². The summed E-state index contributed by atoms with van der Waals surface area (Å²) in [7, 11) is 0. The van der Waals surface area contributed by atoms with E-state index in [0.717, 1.165) is 0 Å². The van der Waals surface area contributed by atoms with Gasteiger partial charge in [-0.2, -0.15) is 4.57 Å². The molecule has 2 aromatic rings. The van der Waals surface area contributed by atoms with Crippen molar-refractivity contribution >= 4 is 10.9 Å². The van der Waals surface area contributed by atoms with Crippen molar-refractivity contribution in [3.8, 4) is 12.3 Å². The van der Waals surface area contributed by atoms with Crippen molar-refractivity contribution in [1.82, 2.24) is 0 Å². The van der Waals surface area contributed by atoms with Crippen LogP contribution in [0.2, 0.25) is 0 Å². The topological polar surface area (TPSA) is 3.88 Å². The summed E-state index contributed by atoms with van der Waals surface area (Å²) in [4.78, 5) is 0. The molecule has 0 atom stereocenters. The number of nitrogens with zero attached hydrogens (tertiary/aromatic N) is 1. The van der Waals surface area contributed by atoms with Gasteiger partial charge >= 0.3 is 0 Å². The fourth-order valence-corrected chi connectivity index (χ4v) is 1.67. The van der Waals surface area contributed by atoms with E-state index in [2.05, 4.69) is 41.7 Å². The molecule has 0 saturated heterocycles. The van der Waals surface area contributed by atoms with Crippen molar-refractivity contribution < 1.29 is 21.5 Å². The van der Waals surface area contributed by atoms with E-state index in [1.54, 1.807) is 0 Å². The van der Waals surface area contributed by atoms with Gasteiger partial charge in [-0.3, -0.25) is 0 Å². The standard InChI is InChI=1S/C13H12N.BrH/c1-3-9-14-10-8-11(2)12-6-4-5-7-13(12)14;/h1,4-8,10H,9H2,2H3;1H/q+1;/p-1. The molecule has 0 N–H and O–H groups in total. The van der Waals surface area contributed by atoms with E-state index in [1.807, 2.05) is 12.3 Å². The molecule has 1 aromatic carbocycles. The highest BCUT2D eigenvalue weighted by Crippen LogP contribution is 2.13. The summed E-state index contributed by atoms with van der Waals surface area (Å²) >= 11 is 0. The number of aromatic nitrogens is 1. The molecule has 1 heterocycles. The van der Waals surface area contributed by atoms with Gasteiger partial charge < -0.3 is 17.0 Å². The van der Waals surface area contributed by atoms with E-state index in [-0.39, 0.29) is 17.0 Å². The molecule has 0 spiro atoms. The molecule has 0 radical (unpaired) electrons. The highest BCUT2D eigenvalue weighted by Gasteiger charge is 2.07. The predicted molar refractivity (Wildman–Crippen MR) is 57.7 cm³/mol. The van der Waals surface area contributed by atoms with Crippen LogP contribution in [0, 0.1) is 19.3 Å². The number of fused-ring (bicyclic) bond motifs is 1. The Morgan fingerprint density at radius 1 is 1.27 bits per heavy atom. The Morgan fingerprint density at radius 3 is 2.73 bits per heavy atom. The van der Waals surface area contributed by atoms with Crippen molar-refractivity contribution in [1.29, 1.82) is 0 Å². The maximum Gasteiger partial charge on any atom is 0.213 e. The minimum atomic E-state index is 0. The molecule has 0 bridgehead atoms. The highest BCUT2D eigenvalue weighted by molar-refractivity contribution is 5.78. The van der Waals surface area contributed by atoms with Crippen LogP contribution in [-0.4, -0.2) is 0 Å². The van der Waals surface area contributed by atoms with E-state index in [0.29, 0.717) is 6.54 Å². The Balaban J connectivity index is 0.00000112. The van der Waals surface area contributed by atoms with Crippen molar-refractivity contribution in [2.45, 2.75) is 13.5 Å². The minimum absolute atomic E-state index is 0. The average molecular weight is 262 g/mol. The Kier molecular flexibility index (Phi) is 3.88. The van der Waals surface area contributed by atoms with Crippen LogP contribution in [0.4, 0.5) is 0 Å². The van der Waals surface area contributed by atoms with Crippen LogP contribution >= 0.6 is 0 Å². The lowest BCUT2D eigenvalue weighted by atomic mass is 10.1. The Bertz CT molecular complexity index is 511. The summed E-state index contributed by atoms with van der Waals surface area (Å²) < 4.78 is 2.09. The van der Waals surface area contributed by atoms with E-state index in [9.17, 15) is 0 Å². The molecule has 0 aliphatic rings. The first-order valence-electron chi connectivity index (χ1n) is 4.64. The summed E-state index contributed by atoms with van der Waals surface area (Å²) in [6, 6.07) is 10.4. The first kappa shape index (κ1) is 11.7. The fraction of sp³-hybridized carbons (Fsp3) is 0.154. The molecular formula is C13H12BrN. The molecule has 0 aliphatic carbocycles. The second-order valence-electron chi connectivity index (χ2n) is 3.35. The average Bonchev–Trinajstić information content (AvgIpc) is 2.23. The van der Waals surface area contributed by atoms with Crippen LogP contribution in [0.25, 0.3) is 10.9 Å². The van der Waals surface area contributed by atoms with Crippen LogP contribution in [0.1, 0.15) is 5.56 Å². The first-order valence-corrected chi connectivity index (χ1v) is 4.64. The number of hydrogen-bond acceptors (Lipinski definition) is 0. The van der Waals surface area contributed by atoms with Gasteiger partial charge in [0.1, 0.15) is 0 Å². The zero-order valence-electron chi connectivity index (χ0n) is 8.57. The minimum Gasteiger partial charge on any atom is -1.00 e. The largest absolute Gasteiger partial charge is 1.00 e. The number of pyridine rings is 1. The van der Waals surface area contributed by atoms with E-state index >= 15 is 0 Å². The van der Waals surface area contributed by atoms with Crippen LogP contribution in [0.3, 0.4) is 0 Å². The summed E-state index contributed by atoms with van der Waals surface area (Å²) in [5.74, 6) is 2.66. The highest BCUT2D eigenvalue weighted by atomic mass is 79.9. The van der Waals surface area contributed by atoms with Gasteiger partial charge in [0.05, 0.1) is 0 Å². The molecule has 0 saturated carbocycles. The Hall–Kier alpha value is -1.33. The molecule has 76 valence electrons. The molecule has 0 aliphatic heterocycles. The van der Waals surface area contributed by atoms with E-state index in [4.69, 9.17) is 6.42 Å². The molecule has 2 heteroatoms. The van der Waals surface area contributed by atoms with Gasteiger partial charge in [0, 0.05) is 17.5 Å². The van der Waals surface area contributed by atoms with E-state index < -0.39 is 0 Å². The maximum atomic E-state index is 5.32. The third-order valence-corrected chi connectivity index (χ3v) is 2.40. The number of halogens is 1. The number of aryl methyl sites for hydroxylation is 1. The third kappa shape index (κ3) is 2.19. The van der Waals surface area contributed by atoms with Gasteiger partial charge in [0.2, 0.25) is 12.1 Å². The third-order valence-electron chi connectivity index (χ3n) is 2.40. The normalized spacial score (nSPS) is 9.33. The second-order valence-corrected chi connectivity index (χ2v) is 3.35. The number of benzene rings is 1. The number of para-hydroxylation sites is 1. The van der Waals surface area contributed by atoms with Gasteiger partial charge in [-0.1, -0.05) is 12.1 Å². The Labute approximate surface area is 101 Å². The lowest BCUT2D eigenvalue weighted by molar-refractivity contribution is -0.658. The number of terminal acetylenes is 1. The Morgan fingerprint density at radius 2 is 2.00 bits per heavy atom. The lowest BCUT2D eigenvalue weighted by Crippen LogP contribution is -3.00. The van der Waals surface area contributed by atoms with E-state index in [1.165, 1.54) is 16.5 Å². The fourth-order valence-electron chi connectivity index (χ4n) is 1.67. The van der Waals surface area contributed by atoms with Crippen LogP contribution in [0.15, 0.2) is 36.5 Å². The molecule has 1 aromatic heterocycles. The zero-order chi connectivity index (χ0) is 9.97. The molecule has 1 nitrogen and oxygen atoms in total. The summed E-state index contributed by atoms with van der Waals surface area (Å²) in [6.45, 7) is 2.74. The van der Waals surface area contributed by atoms with Gasteiger partial charge in [-0.25, -0.2) is 0 Å². The molecule has 15 heavy (non-hydrogen) atoms. The maximum absolute atomic E-state index is 5.32. The van der Waals surface area contributed by atoms with Gasteiger partial charge in [-0.05, 0) is 24.5 Å². The van der Waals surface area contributed by atoms with Crippen molar-refractivity contribution in [3.05, 3.63) is 42.1 Å². The molecule has 0 fully saturated rings. The summed E-state index contributed by atoms with van der Waals surface area (Å²) in [5.41, 5.74) is 2.49. The molecule has 0 unspecified atom stereocenters. The van der Waals surface area contributed by atoms with Gasteiger partial charge in [-0.15, -0.1) is 6.42 Å². The SMILES string of the molecule is C#CC[n+]1ccc(C)c2ccccc21.[Br-]. The number of hydrogen-bond donors (Lipinski definition) is 0. The number of rotatable bonds is 1. The quantitative estimate of drug-likeness (QED) is 0.462. The van der Waals surface area contributed by atoms with Crippen LogP contribution in [-0.2, 0) is 6.54 Å². The van der Waals surface area contributed by atoms with Gasteiger partial charge in [0.15, 0.2) is 6.20 Å². The first-order chi connectivity index (χ1) is 6.83. The predicted octanol–water partition coefficient (Wildman–Crippen LogP) is -0.927. The smallest absolute Gasteiger partial charge is 0.213 e. The summed E-state index contributed by atoms with van der Waals surface area (Å²) in [5, 5.41) is 1.27. The molecule has 0 amide bonds. The lowest BCUT2D eigenvalue weighted by Gasteiger charge is -2.00. The van der Waals surface area contributed by atoms with Crippen molar-refractivity contribution in [2.75, 3.05) is 0 Å². The van der Waals surface area contributed by atoms with Gasteiger partial charge in [0.25, 0.3) is 0 Å². The van der Waals surface area contributed by atoms with Crippen LogP contribution < -0.4 is 21.5 Å².